The molecule has 1 heterocycles. The van der Waals surface area contributed by atoms with Crippen molar-refractivity contribution in [1.29, 1.82) is 0 Å². The summed E-state index contributed by atoms with van der Waals surface area (Å²) in [6.45, 7) is 1.37. The van der Waals surface area contributed by atoms with Crippen LogP contribution in [0.1, 0.15) is 16.7 Å². The van der Waals surface area contributed by atoms with E-state index in [9.17, 15) is 9.59 Å². The zero-order valence-electron chi connectivity index (χ0n) is 13.3. The normalized spacial score (nSPS) is 13.3. The largest absolute Gasteiger partial charge is 0.347 e. The Labute approximate surface area is 150 Å². The van der Waals surface area contributed by atoms with Gasteiger partial charge in [0.1, 0.15) is 0 Å². The van der Waals surface area contributed by atoms with Gasteiger partial charge in [0.25, 0.3) is 0 Å². The Hall–Kier alpha value is -2.14. The van der Waals surface area contributed by atoms with Crippen LogP contribution in [0.3, 0.4) is 0 Å². The molecule has 0 aromatic heterocycles. The van der Waals surface area contributed by atoms with E-state index in [1.165, 1.54) is 11.1 Å². The molecule has 0 spiro atoms. The molecule has 0 unspecified atom stereocenters. The Morgan fingerprint density at radius 2 is 1.75 bits per heavy atom. The molecule has 0 aliphatic carbocycles. The maximum absolute atomic E-state index is 12.3. The highest BCUT2D eigenvalue weighted by Crippen LogP contribution is 2.18. The van der Waals surface area contributed by atoms with Crippen LogP contribution in [-0.2, 0) is 29.0 Å². The molecular weight excluding hydrogens is 368 g/mol. The van der Waals surface area contributed by atoms with Gasteiger partial charge in [0.15, 0.2) is 0 Å². The number of carbonyl (C=O) groups is 2. The van der Waals surface area contributed by atoms with E-state index in [1.807, 2.05) is 36.4 Å². The Kier molecular flexibility index (Phi) is 5.30. The van der Waals surface area contributed by atoms with Crippen molar-refractivity contribution in [2.45, 2.75) is 19.4 Å². The molecule has 1 aliphatic rings. The number of benzene rings is 2. The lowest BCUT2D eigenvalue weighted by Gasteiger charge is -2.29. The van der Waals surface area contributed by atoms with Gasteiger partial charge < -0.3 is 10.2 Å². The minimum Gasteiger partial charge on any atom is -0.347 e. The van der Waals surface area contributed by atoms with E-state index in [1.54, 1.807) is 4.90 Å². The van der Waals surface area contributed by atoms with E-state index >= 15 is 0 Å². The number of amides is 2. The minimum atomic E-state index is -0.146. The molecule has 0 atom stereocenters. The molecule has 1 aliphatic heterocycles. The highest BCUT2D eigenvalue weighted by atomic mass is 79.9. The second-order valence-electron chi connectivity index (χ2n) is 5.88. The predicted octanol–water partition coefficient (Wildman–Crippen LogP) is 2.69. The van der Waals surface area contributed by atoms with Crippen LogP contribution in [0.25, 0.3) is 0 Å². The molecule has 0 saturated carbocycles. The van der Waals surface area contributed by atoms with Crippen LogP contribution in [0.5, 0.6) is 0 Å². The minimum absolute atomic E-state index is 0.0371. The molecule has 1 N–H and O–H groups in total. The molecule has 2 aromatic rings. The highest BCUT2D eigenvalue weighted by Gasteiger charge is 2.20. The van der Waals surface area contributed by atoms with E-state index in [4.69, 9.17) is 0 Å². The monoisotopic (exact) mass is 386 g/mol. The summed E-state index contributed by atoms with van der Waals surface area (Å²) < 4.78 is 0.902. The molecule has 124 valence electrons. The van der Waals surface area contributed by atoms with Gasteiger partial charge in [0, 0.05) is 17.6 Å². The average Bonchev–Trinajstić information content (AvgIpc) is 2.61. The lowest BCUT2D eigenvalue weighted by molar-refractivity contribution is -0.133. The van der Waals surface area contributed by atoms with Gasteiger partial charge in [-0.05, 0) is 29.2 Å². The first kappa shape index (κ1) is 16.7. The molecule has 5 heteroatoms. The zero-order valence-corrected chi connectivity index (χ0v) is 14.9. The van der Waals surface area contributed by atoms with Crippen LogP contribution in [0.2, 0.25) is 0 Å². The van der Waals surface area contributed by atoms with Crippen LogP contribution in [0.15, 0.2) is 53.0 Å². The smallest absolute Gasteiger partial charge is 0.242 e. The van der Waals surface area contributed by atoms with Gasteiger partial charge in [-0.25, -0.2) is 0 Å². The topological polar surface area (TPSA) is 49.4 Å². The molecule has 24 heavy (non-hydrogen) atoms. The summed E-state index contributed by atoms with van der Waals surface area (Å²) in [6.07, 6.45) is 1.13. The van der Waals surface area contributed by atoms with Crippen LogP contribution < -0.4 is 5.32 Å². The molecule has 2 aromatic carbocycles. The van der Waals surface area contributed by atoms with E-state index in [0.717, 1.165) is 16.5 Å². The SMILES string of the molecule is O=C(Cc1ccccc1Br)NCC(=O)N1CCc2ccccc2C1. The number of halogens is 1. The maximum Gasteiger partial charge on any atom is 0.242 e. The van der Waals surface area contributed by atoms with Gasteiger partial charge in [0.2, 0.25) is 11.8 Å². The third kappa shape index (κ3) is 4.03. The molecule has 3 rings (SSSR count). The highest BCUT2D eigenvalue weighted by molar-refractivity contribution is 9.10. The summed E-state index contributed by atoms with van der Waals surface area (Å²) in [6, 6.07) is 15.8. The summed E-state index contributed by atoms with van der Waals surface area (Å²) in [7, 11) is 0. The number of nitrogens with one attached hydrogen (secondary N) is 1. The van der Waals surface area contributed by atoms with Crippen molar-refractivity contribution in [3.05, 3.63) is 69.7 Å². The molecular formula is C19H19BrN2O2. The van der Waals surface area contributed by atoms with Crippen LogP contribution in [0, 0.1) is 0 Å². The van der Waals surface area contributed by atoms with Gasteiger partial charge >= 0.3 is 0 Å². The van der Waals surface area contributed by atoms with Crippen molar-refractivity contribution in [3.8, 4) is 0 Å². The van der Waals surface area contributed by atoms with Crippen molar-refractivity contribution >= 4 is 27.7 Å². The number of carbonyl (C=O) groups excluding carboxylic acids is 2. The first-order valence-corrected chi connectivity index (χ1v) is 8.77. The first-order chi connectivity index (χ1) is 11.6. The standard InChI is InChI=1S/C19H19BrN2O2/c20-17-8-4-3-6-15(17)11-18(23)21-12-19(24)22-10-9-14-5-1-2-7-16(14)13-22/h1-8H,9-13H2,(H,21,23). The zero-order chi connectivity index (χ0) is 16.9. The van der Waals surface area contributed by atoms with Gasteiger partial charge in [-0.3, -0.25) is 9.59 Å². The molecule has 0 radical (unpaired) electrons. The van der Waals surface area contributed by atoms with Crippen molar-refractivity contribution in [2.75, 3.05) is 13.1 Å². The van der Waals surface area contributed by atoms with E-state index in [0.29, 0.717) is 13.1 Å². The molecule has 2 amide bonds. The van der Waals surface area contributed by atoms with Crippen molar-refractivity contribution in [1.82, 2.24) is 10.2 Å². The van der Waals surface area contributed by atoms with Crippen LogP contribution in [-0.4, -0.2) is 29.8 Å². The fraction of sp³-hybridized carbons (Fsp3) is 0.263. The fourth-order valence-corrected chi connectivity index (χ4v) is 3.30. The lowest BCUT2D eigenvalue weighted by Crippen LogP contribution is -2.42. The first-order valence-electron chi connectivity index (χ1n) is 7.98. The van der Waals surface area contributed by atoms with E-state index < -0.39 is 0 Å². The molecule has 0 bridgehead atoms. The van der Waals surface area contributed by atoms with Gasteiger partial charge in [-0.2, -0.15) is 0 Å². The predicted molar refractivity (Wildman–Crippen MR) is 96.4 cm³/mol. The second-order valence-corrected chi connectivity index (χ2v) is 6.73. The number of rotatable bonds is 4. The van der Waals surface area contributed by atoms with Crippen molar-refractivity contribution in [3.63, 3.8) is 0 Å². The molecule has 0 fully saturated rings. The average molecular weight is 387 g/mol. The Bertz CT molecular complexity index is 761. The fourth-order valence-electron chi connectivity index (χ4n) is 2.87. The van der Waals surface area contributed by atoms with Crippen LogP contribution >= 0.6 is 15.9 Å². The number of fused-ring (bicyclic) bond motifs is 1. The lowest BCUT2D eigenvalue weighted by atomic mass is 10.00. The summed E-state index contributed by atoms with van der Waals surface area (Å²) >= 11 is 3.43. The third-order valence-electron chi connectivity index (χ3n) is 4.23. The Morgan fingerprint density at radius 1 is 1.04 bits per heavy atom. The summed E-state index contributed by atoms with van der Waals surface area (Å²) in [5, 5.41) is 2.73. The Balaban J connectivity index is 1.51. The number of hydrogen-bond donors (Lipinski definition) is 1. The molecule has 0 saturated heterocycles. The second kappa shape index (κ2) is 7.62. The van der Waals surface area contributed by atoms with Crippen LogP contribution in [0.4, 0.5) is 0 Å². The van der Waals surface area contributed by atoms with E-state index in [2.05, 4.69) is 33.4 Å². The van der Waals surface area contributed by atoms with Gasteiger partial charge in [-0.15, -0.1) is 0 Å². The molecule has 4 nitrogen and oxygen atoms in total. The Morgan fingerprint density at radius 3 is 2.54 bits per heavy atom. The summed E-state index contributed by atoms with van der Waals surface area (Å²) in [5.41, 5.74) is 3.41. The quantitative estimate of drug-likeness (QED) is 0.877. The third-order valence-corrected chi connectivity index (χ3v) is 5.00. The number of hydrogen-bond acceptors (Lipinski definition) is 2. The maximum atomic E-state index is 12.3. The summed E-state index contributed by atoms with van der Waals surface area (Å²) in [4.78, 5) is 26.2. The van der Waals surface area contributed by atoms with E-state index in [-0.39, 0.29) is 24.8 Å². The number of nitrogens with zero attached hydrogens (tertiary/aromatic N) is 1. The summed E-state index contributed by atoms with van der Waals surface area (Å²) in [5.74, 6) is -0.183. The van der Waals surface area contributed by atoms with Gasteiger partial charge in [0.05, 0.1) is 13.0 Å². The van der Waals surface area contributed by atoms with Crippen molar-refractivity contribution in [2.24, 2.45) is 0 Å². The van der Waals surface area contributed by atoms with Crippen molar-refractivity contribution < 1.29 is 9.59 Å². The van der Waals surface area contributed by atoms with Gasteiger partial charge in [-0.1, -0.05) is 58.4 Å².